The first-order valence-electron chi connectivity index (χ1n) is 11.9. The number of urea groups is 1. The normalized spacial score (nSPS) is 14.1. The van der Waals surface area contributed by atoms with Gasteiger partial charge in [-0.15, -0.1) is 0 Å². The summed E-state index contributed by atoms with van der Waals surface area (Å²) < 4.78 is 22.3. The monoisotopic (exact) mass is 590 g/mol. The summed E-state index contributed by atoms with van der Waals surface area (Å²) in [6.07, 6.45) is 1.54. The van der Waals surface area contributed by atoms with Crippen molar-refractivity contribution in [2.75, 3.05) is 14.2 Å². The Morgan fingerprint density at radius 3 is 2.62 bits per heavy atom. The standard InChI is InChI=1S/C29H23BrN2O7/c1-36-25-13-19(22(30)14-26(25)38-16-18-8-5-7-17-6-3-4-9-21(17)18)12-23-27(33)32(29(35)31-23)15-20-10-11-24(39-20)28(34)37-2/h3-14H,15-16H2,1-2H3,(H,31,35)/b23-12-. The van der Waals surface area contributed by atoms with Gasteiger partial charge in [-0.25, -0.2) is 9.59 Å². The molecule has 0 unspecified atom stereocenters. The number of imide groups is 1. The van der Waals surface area contributed by atoms with Gasteiger partial charge in [0.1, 0.15) is 18.1 Å². The Morgan fingerprint density at radius 1 is 1.03 bits per heavy atom. The SMILES string of the molecule is COC(=O)c1ccc(CN2C(=O)N/C(=C\c3cc(OC)c(OCc4cccc5ccccc45)cc3Br)C2=O)o1. The van der Waals surface area contributed by atoms with Gasteiger partial charge in [0, 0.05) is 4.47 Å². The number of nitrogens with one attached hydrogen (secondary N) is 1. The molecule has 1 fully saturated rings. The van der Waals surface area contributed by atoms with Gasteiger partial charge in [-0.3, -0.25) is 9.69 Å². The zero-order valence-corrected chi connectivity index (χ0v) is 22.6. The Labute approximate surface area is 232 Å². The number of furan rings is 1. The van der Waals surface area contributed by atoms with E-state index in [0.29, 0.717) is 28.1 Å². The molecule has 0 aliphatic carbocycles. The minimum absolute atomic E-state index is 0.0193. The number of hydrogen-bond acceptors (Lipinski definition) is 7. The number of methoxy groups -OCH3 is 2. The van der Waals surface area contributed by atoms with Crippen molar-refractivity contribution in [1.82, 2.24) is 10.2 Å². The van der Waals surface area contributed by atoms with Gasteiger partial charge in [0.05, 0.1) is 20.8 Å². The molecule has 2 heterocycles. The molecular weight excluding hydrogens is 568 g/mol. The van der Waals surface area contributed by atoms with E-state index in [1.807, 2.05) is 24.3 Å². The van der Waals surface area contributed by atoms with E-state index in [-0.39, 0.29) is 23.8 Å². The van der Waals surface area contributed by atoms with E-state index in [9.17, 15) is 14.4 Å². The molecule has 9 nitrogen and oxygen atoms in total. The molecule has 3 amide bonds. The van der Waals surface area contributed by atoms with Gasteiger partial charge in [0.15, 0.2) is 11.5 Å². The Balaban J connectivity index is 1.34. The average molecular weight is 591 g/mol. The molecule has 39 heavy (non-hydrogen) atoms. The van der Waals surface area contributed by atoms with Gasteiger partial charge < -0.3 is 23.9 Å². The largest absolute Gasteiger partial charge is 0.493 e. The maximum absolute atomic E-state index is 13.0. The number of fused-ring (bicyclic) bond motifs is 1. The first kappa shape index (κ1) is 26.1. The Kier molecular flexibility index (Phi) is 7.38. The summed E-state index contributed by atoms with van der Waals surface area (Å²) >= 11 is 3.53. The van der Waals surface area contributed by atoms with Crippen LogP contribution in [0.2, 0.25) is 0 Å². The zero-order chi connectivity index (χ0) is 27.5. The summed E-state index contributed by atoms with van der Waals surface area (Å²) in [6, 6.07) is 19.9. The third kappa shape index (κ3) is 5.37. The van der Waals surface area contributed by atoms with E-state index in [4.69, 9.17) is 13.9 Å². The molecule has 5 rings (SSSR count). The minimum atomic E-state index is -0.651. The van der Waals surface area contributed by atoms with Crippen molar-refractivity contribution in [2.45, 2.75) is 13.2 Å². The van der Waals surface area contributed by atoms with Crippen LogP contribution in [0.4, 0.5) is 4.79 Å². The molecular formula is C29H23BrN2O7. The molecule has 1 aromatic heterocycles. The van der Waals surface area contributed by atoms with Crippen LogP contribution in [0.15, 0.2) is 81.3 Å². The number of nitrogens with zero attached hydrogens (tertiary/aromatic N) is 1. The van der Waals surface area contributed by atoms with Crippen LogP contribution >= 0.6 is 15.9 Å². The lowest BCUT2D eigenvalue weighted by molar-refractivity contribution is -0.123. The number of rotatable bonds is 8. The quantitative estimate of drug-likeness (QED) is 0.160. The van der Waals surface area contributed by atoms with Crippen molar-refractivity contribution >= 4 is 50.7 Å². The number of esters is 1. The first-order chi connectivity index (χ1) is 18.9. The second kappa shape index (κ2) is 11.0. The summed E-state index contributed by atoms with van der Waals surface area (Å²) in [5.74, 6) is 0.0253. The fourth-order valence-electron chi connectivity index (χ4n) is 4.21. The molecule has 1 N–H and O–H groups in total. The van der Waals surface area contributed by atoms with Gasteiger partial charge in [-0.1, -0.05) is 58.4 Å². The first-order valence-corrected chi connectivity index (χ1v) is 12.7. The highest BCUT2D eigenvalue weighted by molar-refractivity contribution is 9.10. The van der Waals surface area contributed by atoms with Gasteiger partial charge >= 0.3 is 12.0 Å². The lowest BCUT2D eigenvalue weighted by Crippen LogP contribution is -2.30. The zero-order valence-electron chi connectivity index (χ0n) is 21.0. The third-order valence-corrected chi connectivity index (χ3v) is 6.86. The van der Waals surface area contributed by atoms with E-state index in [0.717, 1.165) is 21.2 Å². The summed E-state index contributed by atoms with van der Waals surface area (Å²) in [5, 5.41) is 4.81. The smallest absolute Gasteiger partial charge is 0.373 e. The Hall–Kier alpha value is -4.57. The molecule has 4 aromatic rings. The summed E-state index contributed by atoms with van der Waals surface area (Å²) in [4.78, 5) is 38.1. The van der Waals surface area contributed by atoms with Crippen LogP contribution < -0.4 is 14.8 Å². The highest BCUT2D eigenvalue weighted by atomic mass is 79.9. The van der Waals surface area contributed by atoms with Crippen LogP contribution in [0.5, 0.6) is 11.5 Å². The molecule has 10 heteroatoms. The van der Waals surface area contributed by atoms with Gasteiger partial charge in [-0.2, -0.15) is 0 Å². The van der Waals surface area contributed by atoms with E-state index < -0.39 is 17.9 Å². The fourth-order valence-corrected chi connectivity index (χ4v) is 4.64. The van der Waals surface area contributed by atoms with E-state index >= 15 is 0 Å². The van der Waals surface area contributed by atoms with Crippen LogP contribution in [0.1, 0.15) is 27.4 Å². The van der Waals surface area contributed by atoms with Crippen LogP contribution in [-0.2, 0) is 22.7 Å². The predicted octanol–water partition coefficient (Wildman–Crippen LogP) is 5.66. The van der Waals surface area contributed by atoms with Crippen molar-refractivity contribution in [3.8, 4) is 11.5 Å². The maximum atomic E-state index is 13.0. The molecule has 0 radical (unpaired) electrons. The molecule has 3 aromatic carbocycles. The highest BCUT2D eigenvalue weighted by Gasteiger charge is 2.34. The highest BCUT2D eigenvalue weighted by Crippen LogP contribution is 2.36. The number of halogens is 1. The number of benzene rings is 3. The molecule has 0 saturated carbocycles. The Bertz CT molecular complexity index is 1620. The lowest BCUT2D eigenvalue weighted by Gasteiger charge is -2.14. The number of amides is 3. The number of ether oxygens (including phenoxy) is 3. The van der Waals surface area contributed by atoms with Gasteiger partial charge in [0.2, 0.25) is 5.76 Å². The molecule has 1 saturated heterocycles. The summed E-state index contributed by atoms with van der Waals surface area (Å²) in [6.45, 7) is 0.184. The number of hydrogen-bond donors (Lipinski definition) is 1. The van der Waals surface area contributed by atoms with Crippen LogP contribution in [0.3, 0.4) is 0 Å². The second-order valence-corrected chi connectivity index (χ2v) is 9.44. The molecule has 0 bridgehead atoms. The third-order valence-electron chi connectivity index (χ3n) is 6.17. The molecule has 198 valence electrons. The number of carbonyl (C=O) groups is 3. The van der Waals surface area contributed by atoms with Crippen LogP contribution in [-0.4, -0.2) is 37.0 Å². The van der Waals surface area contributed by atoms with Crippen molar-refractivity contribution in [3.63, 3.8) is 0 Å². The molecule has 1 aliphatic heterocycles. The second-order valence-electron chi connectivity index (χ2n) is 8.59. The van der Waals surface area contributed by atoms with Crippen LogP contribution in [0.25, 0.3) is 16.8 Å². The average Bonchev–Trinajstić information content (AvgIpc) is 3.52. The lowest BCUT2D eigenvalue weighted by atomic mass is 10.1. The molecule has 1 aliphatic rings. The van der Waals surface area contributed by atoms with Gasteiger partial charge in [0.25, 0.3) is 5.91 Å². The van der Waals surface area contributed by atoms with Crippen molar-refractivity contribution in [1.29, 1.82) is 0 Å². The minimum Gasteiger partial charge on any atom is -0.493 e. The summed E-state index contributed by atoms with van der Waals surface area (Å²) in [5.41, 5.74) is 1.71. The number of carbonyl (C=O) groups excluding carboxylic acids is 3. The van der Waals surface area contributed by atoms with E-state index in [1.54, 1.807) is 18.2 Å². The molecule has 0 atom stereocenters. The molecule has 0 spiro atoms. The Morgan fingerprint density at radius 2 is 1.82 bits per heavy atom. The van der Waals surface area contributed by atoms with Crippen molar-refractivity contribution < 1.29 is 33.0 Å². The van der Waals surface area contributed by atoms with Crippen LogP contribution in [0, 0.1) is 0 Å². The van der Waals surface area contributed by atoms with E-state index in [2.05, 4.69) is 44.2 Å². The summed E-state index contributed by atoms with van der Waals surface area (Å²) in [7, 11) is 2.76. The maximum Gasteiger partial charge on any atom is 0.373 e. The van der Waals surface area contributed by atoms with Crippen molar-refractivity contribution in [2.24, 2.45) is 0 Å². The predicted molar refractivity (Wildman–Crippen MR) is 146 cm³/mol. The topological polar surface area (TPSA) is 107 Å². The fraction of sp³-hybridized carbons (Fsp3) is 0.138. The van der Waals surface area contributed by atoms with Gasteiger partial charge in [-0.05, 0) is 52.2 Å². The van der Waals surface area contributed by atoms with E-state index in [1.165, 1.54) is 26.4 Å². The van der Waals surface area contributed by atoms with Crippen molar-refractivity contribution in [3.05, 3.63) is 99.5 Å².